The molecule has 10 heteroatoms. The molecule has 0 aliphatic carbocycles. The van der Waals surface area contributed by atoms with Crippen molar-refractivity contribution >= 4 is 23.4 Å². The summed E-state index contributed by atoms with van der Waals surface area (Å²) in [4.78, 5) is 23.7. The van der Waals surface area contributed by atoms with Crippen LogP contribution in [-0.2, 0) is 17.1 Å². The number of ether oxygens (including phenoxy) is 1. The van der Waals surface area contributed by atoms with Gasteiger partial charge in [0.1, 0.15) is 5.75 Å². The minimum atomic E-state index is -0.440. The third-order valence-corrected chi connectivity index (χ3v) is 6.87. The number of nitrogens with one attached hydrogen (secondary N) is 1. The molecule has 0 saturated carbocycles. The third-order valence-electron chi connectivity index (χ3n) is 5.87. The standard InChI is InChI=1S/C27H27N5O4S/c1-3-24(20-9-5-4-6-10-20)26(33)28-17-25-29-30-27(37-18-19-8-7-11-23(16-19)36-2)31(25)21-12-14-22(15-13-21)32(34)35/h4-16,24H,3,17-18H2,1-2H3,(H,28,33). The van der Waals surface area contributed by atoms with Gasteiger partial charge in [0.15, 0.2) is 11.0 Å². The SMILES string of the molecule is CCC(C(=O)NCc1nnc(SCc2cccc(OC)c2)n1-c1ccc([N+](=O)[O-])cc1)c1ccccc1. The zero-order valence-electron chi connectivity index (χ0n) is 20.5. The number of methoxy groups -OCH3 is 1. The Kier molecular flexibility index (Phi) is 8.52. The first-order chi connectivity index (χ1) is 18.0. The first kappa shape index (κ1) is 25.9. The molecule has 9 nitrogen and oxygen atoms in total. The van der Waals surface area contributed by atoms with E-state index < -0.39 is 4.92 Å². The van der Waals surface area contributed by atoms with Crippen LogP contribution in [0.1, 0.15) is 36.2 Å². The zero-order chi connectivity index (χ0) is 26.2. The largest absolute Gasteiger partial charge is 0.497 e. The molecule has 1 amide bonds. The number of rotatable bonds is 11. The van der Waals surface area contributed by atoms with Crippen molar-refractivity contribution in [2.45, 2.75) is 36.7 Å². The van der Waals surface area contributed by atoms with Gasteiger partial charge in [0, 0.05) is 23.6 Å². The fourth-order valence-corrected chi connectivity index (χ4v) is 4.86. The number of hydrogen-bond acceptors (Lipinski definition) is 7. The predicted molar refractivity (Wildman–Crippen MR) is 142 cm³/mol. The van der Waals surface area contributed by atoms with Crippen LogP contribution in [-0.4, -0.2) is 32.7 Å². The number of carbonyl (C=O) groups excluding carboxylic acids is 1. The van der Waals surface area contributed by atoms with Crippen molar-refractivity contribution in [2.24, 2.45) is 0 Å². The lowest BCUT2D eigenvalue weighted by Crippen LogP contribution is -2.29. The summed E-state index contributed by atoms with van der Waals surface area (Å²) in [6.45, 7) is 2.13. The van der Waals surface area contributed by atoms with Gasteiger partial charge in [-0.3, -0.25) is 19.5 Å². The molecule has 0 fully saturated rings. The second-order valence-electron chi connectivity index (χ2n) is 8.24. The molecule has 190 valence electrons. The summed E-state index contributed by atoms with van der Waals surface area (Å²) in [6, 6.07) is 23.6. The Morgan fingerprint density at radius 3 is 2.51 bits per heavy atom. The number of nitro benzene ring substituents is 1. The van der Waals surface area contributed by atoms with Gasteiger partial charge in [-0.15, -0.1) is 10.2 Å². The van der Waals surface area contributed by atoms with E-state index in [-0.39, 0.29) is 24.1 Å². The van der Waals surface area contributed by atoms with Crippen LogP contribution in [0.4, 0.5) is 5.69 Å². The summed E-state index contributed by atoms with van der Waals surface area (Å²) in [5.41, 5.74) is 2.66. The van der Waals surface area contributed by atoms with Gasteiger partial charge in [-0.1, -0.05) is 61.2 Å². The molecule has 37 heavy (non-hydrogen) atoms. The number of non-ortho nitro benzene ring substituents is 1. The summed E-state index contributed by atoms with van der Waals surface area (Å²) in [6.07, 6.45) is 0.659. The van der Waals surface area contributed by atoms with E-state index >= 15 is 0 Å². The van der Waals surface area contributed by atoms with Gasteiger partial charge in [0.2, 0.25) is 5.91 Å². The van der Waals surface area contributed by atoms with Crippen LogP contribution >= 0.6 is 11.8 Å². The smallest absolute Gasteiger partial charge is 0.269 e. The van der Waals surface area contributed by atoms with Crippen molar-refractivity contribution in [3.05, 3.63) is 106 Å². The van der Waals surface area contributed by atoms with Crippen LogP contribution in [0.5, 0.6) is 5.75 Å². The van der Waals surface area contributed by atoms with Crippen LogP contribution in [0.15, 0.2) is 84.0 Å². The van der Waals surface area contributed by atoms with Crippen molar-refractivity contribution in [1.82, 2.24) is 20.1 Å². The summed E-state index contributed by atoms with van der Waals surface area (Å²) in [7, 11) is 1.62. The van der Waals surface area contributed by atoms with Crippen molar-refractivity contribution < 1.29 is 14.5 Å². The van der Waals surface area contributed by atoms with Gasteiger partial charge in [-0.2, -0.15) is 0 Å². The van der Waals surface area contributed by atoms with Gasteiger partial charge in [0.25, 0.3) is 5.69 Å². The molecule has 0 bridgehead atoms. The van der Waals surface area contributed by atoms with E-state index in [0.29, 0.717) is 28.8 Å². The fourth-order valence-electron chi connectivity index (χ4n) is 3.95. The average Bonchev–Trinajstić information content (AvgIpc) is 3.34. The molecule has 1 heterocycles. The number of aromatic nitrogens is 3. The molecule has 1 aromatic heterocycles. The first-order valence-electron chi connectivity index (χ1n) is 11.8. The minimum absolute atomic E-state index is 0.00842. The second kappa shape index (κ2) is 12.2. The molecule has 0 aliphatic heterocycles. The van der Waals surface area contributed by atoms with E-state index in [9.17, 15) is 14.9 Å². The molecule has 4 rings (SSSR count). The Balaban J connectivity index is 1.58. The number of benzene rings is 3. The lowest BCUT2D eigenvalue weighted by Gasteiger charge is -2.16. The number of thioether (sulfide) groups is 1. The van der Waals surface area contributed by atoms with Gasteiger partial charge in [-0.05, 0) is 41.8 Å². The quantitative estimate of drug-likeness (QED) is 0.163. The molecule has 0 aliphatic rings. The Bertz CT molecular complexity index is 1360. The van der Waals surface area contributed by atoms with Crippen LogP contribution in [0.3, 0.4) is 0 Å². The molecule has 3 aromatic carbocycles. The van der Waals surface area contributed by atoms with E-state index in [1.54, 1.807) is 19.2 Å². The predicted octanol–water partition coefficient (Wildman–Crippen LogP) is 5.29. The Labute approximate surface area is 219 Å². The molecule has 4 aromatic rings. The highest BCUT2D eigenvalue weighted by molar-refractivity contribution is 7.98. The maximum Gasteiger partial charge on any atom is 0.269 e. The highest BCUT2D eigenvalue weighted by Crippen LogP contribution is 2.28. The van der Waals surface area contributed by atoms with E-state index in [4.69, 9.17) is 4.74 Å². The summed E-state index contributed by atoms with van der Waals surface area (Å²) in [5.74, 6) is 1.53. The van der Waals surface area contributed by atoms with Crippen molar-refractivity contribution in [2.75, 3.05) is 7.11 Å². The van der Waals surface area contributed by atoms with Crippen molar-refractivity contribution in [3.8, 4) is 11.4 Å². The highest BCUT2D eigenvalue weighted by atomic mass is 32.2. The maximum absolute atomic E-state index is 13.0. The molecule has 1 N–H and O–H groups in total. The number of nitrogens with zero attached hydrogens (tertiary/aromatic N) is 4. The molecule has 0 saturated heterocycles. The monoisotopic (exact) mass is 517 g/mol. The van der Waals surface area contributed by atoms with Crippen LogP contribution in [0.2, 0.25) is 0 Å². The van der Waals surface area contributed by atoms with E-state index in [1.165, 1.54) is 23.9 Å². The van der Waals surface area contributed by atoms with Gasteiger partial charge >= 0.3 is 0 Å². The van der Waals surface area contributed by atoms with Gasteiger partial charge < -0.3 is 10.1 Å². The molecular formula is C27H27N5O4S. The fraction of sp³-hybridized carbons (Fsp3) is 0.222. The summed E-state index contributed by atoms with van der Waals surface area (Å²) < 4.78 is 7.13. The molecule has 1 atom stereocenters. The number of hydrogen-bond donors (Lipinski definition) is 1. The molecule has 0 spiro atoms. The number of nitro groups is 1. The van der Waals surface area contributed by atoms with Crippen LogP contribution < -0.4 is 10.1 Å². The van der Waals surface area contributed by atoms with E-state index in [0.717, 1.165) is 16.9 Å². The van der Waals surface area contributed by atoms with Crippen LogP contribution in [0.25, 0.3) is 5.69 Å². The molecular weight excluding hydrogens is 490 g/mol. The number of carbonyl (C=O) groups is 1. The molecule has 1 unspecified atom stereocenters. The Morgan fingerprint density at radius 2 is 1.84 bits per heavy atom. The second-order valence-corrected chi connectivity index (χ2v) is 9.18. The van der Waals surface area contributed by atoms with Crippen molar-refractivity contribution in [1.29, 1.82) is 0 Å². The zero-order valence-corrected chi connectivity index (χ0v) is 21.4. The van der Waals surface area contributed by atoms with Crippen molar-refractivity contribution in [3.63, 3.8) is 0 Å². The lowest BCUT2D eigenvalue weighted by molar-refractivity contribution is -0.384. The summed E-state index contributed by atoms with van der Waals surface area (Å²) in [5, 5.41) is 23.5. The van der Waals surface area contributed by atoms with E-state index in [1.807, 2.05) is 66.1 Å². The van der Waals surface area contributed by atoms with Crippen LogP contribution in [0, 0.1) is 10.1 Å². The maximum atomic E-state index is 13.0. The Morgan fingerprint density at radius 1 is 1.08 bits per heavy atom. The lowest BCUT2D eigenvalue weighted by atomic mass is 9.96. The minimum Gasteiger partial charge on any atom is -0.497 e. The highest BCUT2D eigenvalue weighted by Gasteiger charge is 2.21. The third kappa shape index (κ3) is 6.34. The normalized spacial score (nSPS) is 11.6. The first-order valence-corrected chi connectivity index (χ1v) is 12.8. The topological polar surface area (TPSA) is 112 Å². The van der Waals surface area contributed by atoms with Gasteiger partial charge in [-0.25, -0.2) is 0 Å². The van der Waals surface area contributed by atoms with Gasteiger partial charge in [0.05, 0.1) is 24.5 Å². The number of amides is 1. The van der Waals surface area contributed by atoms with E-state index in [2.05, 4.69) is 15.5 Å². The summed E-state index contributed by atoms with van der Waals surface area (Å²) >= 11 is 1.47. The average molecular weight is 518 g/mol. The molecule has 0 radical (unpaired) electrons. The Hall–Kier alpha value is -4.18.